The molecule has 0 saturated heterocycles. The van der Waals surface area contributed by atoms with Crippen molar-refractivity contribution < 1.29 is 0 Å². The van der Waals surface area contributed by atoms with Gasteiger partial charge in [0, 0.05) is 23.9 Å². The molecule has 0 amide bonds. The van der Waals surface area contributed by atoms with Crippen molar-refractivity contribution in [1.82, 2.24) is 9.88 Å². The van der Waals surface area contributed by atoms with E-state index in [2.05, 4.69) is 43.2 Å². The lowest BCUT2D eigenvalue weighted by Crippen LogP contribution is -2.31. The van der Waals surface area contributed by atoms with Gasteiger partial charge < -0.3 is 10.6 Å². The molecule has 1 rings (SSSR count). The topological polar surface area (TPSA) is 42.1 Å². The molecule has 1 atom stereocenters. The zero-order valence-corrected chi connectivity index (χ0v) is 10.9. The molecule has 3 nitrogen and oxygen atoms in total. The highest BCUT2D eigenvalue weighted by Gasteiger charge is 2.25. The van der Waals surface area contributed by atoms with Crippen LogP contribution in [0.25, 0.3) is 0 Å². The van der Waals surface area contributed by atoms with E-state index in [0.717, 1.165) is 18.7 Å². The van der Waals surface area contributed by atoms with E-state index in [9.17, 15) is 0 Å². The highest BCUT2D eigenvalue weighted by molar-refractivity contribution is 7.09. The van der Waals surface area contributed by atoms with Crippen LogP contribution in [0.3, 0.4) is 0 Å². The first-order chi connectivity index (χ1) is 7.01. The minimum absolute atomic E-state index is 0.0427. The van der Waals surface area contributed by atoms with E-state index >= 15 is 0 Å². The average molecular weight is 227 g/mol. The van der Waals surface area contributed by atoms with Crippen LogP contribution in [0.4, 0.5) is 0 Å². The van der Waals surface area contributed by atoms with E-state index < -0.39 is 0 Å². The monoisotopic (exact) mass is 227 g/mol. The smallest absolute Gasteiger partial charge is 0.107 e. The summed E-state index contributed by atoms with van der Waals surface area (Å²) in [4.78, 5) is 6.79. The van der Waals surface area contributed by atoms with Crippen LogP contribution in [0, 0.1) is 0 Å². The van der Waals surface area contributed by atoms with Gasteiger partial charge in [-0.1, -0.05) is 13.8 Å². The maximum Gasteiger partial charge on any atom is 0.107 e. The average Bonchev–Trinajstić information content (AvgIpc) is 2.64. The molecule has 0 aliphatic heterocycles. The van der Waals surface area contributed by atoms with Crippen LogP contribution in [0.2, 0.25) is 0 Å². The number of nitrogens with zero attached hydrogens (tertiary/aromatic N) is 2. The van der Waals surface area contributed by atoms with Crippen molar-refractivity contribution in [2.45, 2.75) is 32.2 Å². The Hall–Kier alpha value is -0.450. The molecule has 0 aromatic carbocycles. The fourth-order valence-corrected chi connectivity index (χ4v) is 2.43. The lowest BCUT2D eigenvalue weighted by atomic mass is 9.85. The van der Waals surface area contributed by atoms with Gasteiger partial charge in [-0.3, -0.25) is 0 Å². The van der Waals surface area contributed by atoms with Crippen LogP contribution in [0.5, 0.6) is 0 Å². The normalized spacial score (nSPS) is 15.6. The van der Waals surface area contributed by atoms with Crippen molar-refractivity contribution in [2.24, 2.45) is 5.73 Å². The number of hydrogen-bond donors (Lipinski definition) is 1. The summed E-state index contributed by atoms with van der Waals surface area (Å²) >= 11 is 1.73. The summed E-state index contributed by atoms with van der Waals surface area (Å²) in [5.41, 5.74) is 7.00. The fraction of sp³-hybridized carbons (Fsp3) is 0.727. The van der Waals surface area contributed by atoms with E-state index in [0.29, 0.717) is 6.54 Å². The van der Waals surface area contributed by atoms with Crippen molar-refractivity contribution in [3.63, 3.8) is 0 Å². The van der Waals surface area contributed by atoms with Crippen molar-refractivity contribution in [3.05, 3.63) is 16.1 Å². The van der Waals surface area contributed by atoms with Crippen molar-refractivity contribution in [1.29, 1.82) is 0 Å². The molecule has 1 aromatic heterocycles. The summed E-state index contributed by atoms with van der Waals surface area (Å²) in [7, 11) is 4.12. The first-order valence-electron chi connectivity index (χ1n) is 5.31. The second kappa shape index (κ2) is 5.05. The third-order valence-electron chi connectivity index (χ3n) is 2.85. The quantitative estimate of drug-likeness (QED) is 0.834. The van der Waals surface area contributed by atoms with E-state index in [1.54, 1.807) is 11.3 Å². The lowest BCUT2D eigenvalue weighted by Gasteiger charge is -2.23. The van der Waals surface area contributed by atoms with Crippen LogP contribution in [-0.2, 0) is 12.0 Å². The molecular weight excluding hydrogens is 206 g/mol. The zero-order chi connectivity index (χ0) is 11.5. The fourth-order valence-electron chi connectivity index (χ4n) is 1.36. The molecule has 0 aliphatic rings. The molecule has 0 aliphatic carbocycles. The standard InChI is InChI=1S/C11H21N3S/c1-5-11(2,8-12)9-7-15-10(13-9)6-14(3)4/h7H,5-6,8,12H2,1-4H3. The summed E-state index contributed by atoms with van der Waals surface area (Å²) < 4.78 is 0. The Kier molecular flexibility index (Phi) is 4.25. The molecule has 1 heterocycles. The van der Waals surface area contributed by atoms with Crippen LogP contribution in [0.1, 0.15) is 31.0 Å². The molecule has 0 radical (unpaired) electrons. The van der Waals surface area contributed by atoms with E-state index in [1.807, 2.05) is 0 Å². The van der Waals surface area contributed by atoms with Crippen LogP contribution < -0.4 is 5.73 Å². The molecule has 1 unspecified atom stereocenters. The Morgan fingerprint density at radius 1 is 1.53 bits per heavy atom. The van der Waals surface area contributed by atoms with Gasteiger partial charge in [-0.15, -0.1) is 11.3 Å². The minimum Gasteiger partial charge on any atom is -0.330 e. The predicted molar refractivity (Wildman–Crippen MR) is 66.2 cm³/mol. The maximum absolute atomic E-state index is 5.81. The summed E-state index contributed by atoms with van der Waals surface area (Å²) in [5.74, 6) is 0. The Bertz CT molecular complexity index is 303. The summed E-state index contributed by atoms with van der Waals surface area (Å²) in [6, 6.07) is 0. The molecule has 0 saturated carbocycles. The third kappa shape index (κ3) is 3.00. The summed E-state index contributed by atoms with van der Waals surface area (Å²) in [6.45, 7) is 5.92. The highest BCUT2D eigenvalue weighted by atomic mass is 32.1. The number of hydrogen-bond acceptors (Lipinski definition) is 4. The molecule has 1 aromatic rings. The van der Waals surface area contributed by atoms with E-state index in [-0.39, 0.29) is 5.41 Å². The number of nitrogens with two attached hydrogens (primary N) is 1. The van der Waals surface area contributed by atoms with Crippen molar-refractivity contribution >= 4 is 11.3 Å². The maximum atomic E-state index is 5.81. The van der Waals surface area contributed by atoms with E-state index in [4.69, 9.17) is 5.73 Å². The molecule has 15 heavy (non-hydrogen) atoms. The molecule has 2 N–H and O–H groups in total. The Morgan fingerprint density at radius 2 is 2.20 bits per heavy atom. The van der Waals surface area contributed by atoms with Crippen molar-refractivity contribution in [3.8, 4) is 0 Å². The number of thiazole rings is 1. The zero-order valence-electron chi connectivity index (χ0n) is 10.1. The van der Waals surface area contributed by atoms with Gasteiger partial charge in [0.1, 0.15) is 5.01 Å². The summed E-state index contributed by atoms with van der Waals surface area (Å²) in [5, 5.41) is 3.32. The van der Waals surface area contributed by atoms with Gasteiger partial charge >= 0.3 is 0 Å². The van der Waals surface area contributed by atoms with Crippen LogP contribution in [0.15, 0.2) is 5.38 Å². The Labute approximate surface area is 96.3 Å². The Balaban J connectivity index is 2.83. The van der Waals surface area contributed by atoms with Gasteiger partial charge in [-0.2, -0.15) is 0 Å². The first kappa shape index (κ1) is 12.6. The van der Waals surface area contributed by atoms with Gasteiger partial charge in [-0.25, -0.2) is 4.98 Å². The van der Waals surface area contributed by atoms with E-state index in [1.165, 1.54) is 5.01 Å². The van der Waals surface area contributed by atoms with Gasteiger partial charge in [0.2, 0.25) is 0 Å². The molecule has 86 valence electrons. The third-order valence-corrected chi connectivity index (χ3v) is 3.69. The molecule has 0 spiro atoms. The van der Waals surface area contributed by atoms with Crippen molar-refractivity contribution in [2.75, 3.05) is 20.6 Å². The van der Waals surface area contributed by atoms with Crippen LogP contribution in [-0.4, -0.2) is 30.5 Å². The largest absolute Gasteiger partial charge is 0.330 e. The van der Waals surface area contributed by atoms with Gasteiger partial charge in [0.25, 0.3) is 0 Å². The molecule has 0 fully saturated rings. The highest BCUT2D eigenvalue weighted by Crippen LogP contribution is 2.27. The van der Waals surface area contributed by atoms with Gasteiger partial charge in [0.15, 0.2) is 0 Å². The Morgan fingerprint density at radius 3 is 2.67 bits per heavy atom. The second-order valence-electron chi connectivity index (χ2n) is 4.48. The minimum atomic E-state index is 0.0427. The second-order valence-corrected chi connectivity index (χ2v) is 5.43. The van der Waals surface area contributed by atoms with Crippen LogP contribution >= 0.6 is 11.3 Å². The van der Waals surface area contributed by atoms with Gasteiger partial charge in [-0.05, 0) is 20.5 Å². The molecule has 4 heteroatoms. The number of rotatable bonds is 5. The lowest BCUT2D eigenvalue weighted by molar-refractivity contribution is 0.398. The SMILES string of the molecule is CCC(C)(CN)c1csc(CN(C)C)n1. The summed E-state index contributed by atoms with van der Waals surface area (Å²) in [6.07, 6.45) is 1.04. The van der Waals surface area contributed by atoms with Gasteiger partial charge in [0.05, 0.1) is 5.69 Å². The molecule has 0 bridgehead atoms. The molecular formula is C11H21N3S. The predicted octanol–water partition coefficient (Wildman–Crippen LogP) is 1.83. The first-order valence-corrected chi connectivity index (χ1v) is 6.19. The number of aromatic nitrogens is 1.